The molecule has 0 radical (unpaired) electrons. The minimum atomic E-state index is -0.632. The molecule has 1 aromatic rings. The van der Waals surface area contributed by atoms with E-state index in [-0.39, 0.29) is 18.0 Å². The molecule has 1 heterocycles. The van der Waals surface area contributed by atoms with E-state index in [4.69, 9.17) is 0 Å². The first-order chi connectivity index (χ1) is 9.37. The molecule has 6 heteroatoms. The number of rotatable bonds is 4. The Labute approximate surface area is 117 Å². The van der Waals surface area contributed by atoms with Gasteiger partial charge in [0, 0.05) is 30.8 Å². The molecule has 0 aliphatic carbocycles. The summed E-state index contributed by atoms with van der Waals surface area (Å²) in [5, 5.41) is 20.4. The highest BCUT2D eigenvalue weighted by molar-refractivity contribution is 5.97. The lowest BCUT2D eigenvalue weighted by atomic mass is 9.93. The predicted molar refractivity (Wildman–Crippen MR) is 73.7 cm³/mol. The third-order valence-electron chi connectivity index (χ3n) is 3.70. The van der Waals surface area contributed by atoms with Crippen LogP contribution in [-0.2, 0) is 0 Å². The minimum Gasteiger partial charge on any atom is -0.390 e. The molecule has 1 aliphatic rings. The summed E-state index contributed by atoms with van der Waals surface area (Å²) in [6, 6.07) is 5.66. The number of non-ortho nitro benzene ring substituents is 1. The van der Waals surface area contributed by atoms with E-state index in [1.54, 1.807) is 0 Å². The number of carbonyl (C=O) groups is 1. The van der Waals surface area contributed by atoms with Crippen molar-refractivity contribution in [1.29, 1.82) is 0 Å². The first-order valence-electron chi connectivity index (χ1n) is 6.60. The number of piperidine rings is 1. The van der Waals surface area contributed by atoms with Gasteiger partial charge in [0.15, 0.2) is 5.78 Å². The third-order valence-corrected chi connectivity index (χ3v) is 3.70. The van der Waals surface area contributed by atoms with Crippen molar-refractivity contribution in [2.45, 2.75) is 25.4 Å². The fourth-order valence-electron chi connectivity index (χ4n) is 2.26. The van der Waals surface area contributed by atoms with Crippen molar-refractivity contribution in [3.8, 4) is 0 Å². The Kier molecular flexibility index (Phi) is 4.15. The van der Waals surface area contributed by atoms with Crippen LogP contribution < -0.4 is 0 Å². The molecule has 0 bridgehead atoms. The number of nitrogens with zero attached hydrogens (tertiary/aromatic N) is 2. The van der Waals surface area contributed by atoms with Crippen molar-refractivity contribution in [1.82, 2.24) is 4.90 Å². The molecule has 0 aromatic heterocycles. The van der Waals surface area contributed by atoms with Gasteiger partial charge in [0.2, 0.25) is 0 Å². The average molecular weight is 278 g/mol. The van der Waals surface area contributed by atoms with Gasteiger partial charge in [-0.15, -0.1) is 0 Å². The second-order valence-corrected chi connectivity index (χ2v) is 5.50. The predicted octanol–water partition coefficient (Wildman–Crippen LogP) is 1.62. The SMILES string of the molecule is CC1(O)CCN(CC(=O)c2ccc([N+](=O)[O-])cc2)CC1. The van der Waals surface area contributed by atoms with Crippen LogP contribution in [0.4, 0.5) is 5.69 Å². The quantitative estimate of drug-likeness (QED) is 0.514. The molecule has 2 rings (SSSR count). The zero-order valence-electron chi connectivity index (χ0n) is 11.4. The summed E-state index contributed by atoms with van der Waals surface area (Å²) in [6.45, 7) is 3.47. The fourth-order valence-corrected chi connectivity index (χ4v) is 2.26. The lowest BCUT2D eigenvalue weighted by Gasteiger charge is -2.35. The van der Waals surface area contributed by atoms with Gasteiger partial charge in [-0.25, -0.2) is 0 Å². The molecule has 1 aromatic carbocycles. The van der Waals surface area contributed by atoms with Crippen molar-refractivity contribution in [2.75, 3.05) is 19.6 Å². The van der Waals surface area contributed by atoms with Crippen LogP contribution in [-0.4, -0.2) is 45.9 Å². The molecule has 0 saturated carbocycles. The Morgan fingerprint density at radius 1 is 1.35 bits per heavy atom. The van der Waals surface area contributed by atoms with Crippen molar-refractivity contribution in [3.63, 3.8) is 0 Å². The van der Waals surface area contributed by atoms with E-state index in [9.17, 15) is 20.0 Å². The van der Waals surface area contributed by atoms with Gasteiger partial charge in [-0.2, -0.15) is 0 Å². The molecule has 0 amide bonds. The third kappa shape index (κ3) is 3.61. The molecule has 6 nitrogen and oxygen atoms in total. The molecule has 20 heavy (non-hydrogen) atoms. The minimum absolute atomic E-state index is 0.0180. The Bertz CT molecular complexity index is 500. The van der Waals surface area contributed by atoms with Gasteiger partial charge < -0.3 is 5.11 Å². The zero-order valence-corrected chi connectivity index (χ0v) is 11.4. The molecule has 0 unspecified atom stereocenters. The normalized spacial score (nSPS) is 18.7. The highest BCUT2D eigenvalue weighted by atomic mass is 16.6. The monoisotopic (exact) mass is 278 g/mol. The number of ketones is 1. The summed E-state index contributed by atoms with van der Waals surface area (Å²) in [4.78, 5) is 24.1. The maximum atomic E-state index is 12.1. The van der Waals surface area contributed by atoms with E-state index >= 15 is 0 Å². The summed E-state index contributed by atoms with van der Waals surface area (Å²) >= 11 is 0. The van der Waals surface area contributed by atoms with Crippen LogP contribution in [0.5, 0.6) is 0 Å². The standard InChI is InChI=1S/C14H18N2O4/c1-14(18)6-8-15(9-7-14)10-13(17)11-2-4-12(5-3-11)16(19)20/h2-5,18H,6-10H2,1H3. The van der Waals surface area contributed by atoms with E-state index in [0.717, 1.165) is 0 Å². The summed E-state index contributed by atoms with van der Waals surface area (Å²) in [6.07, 6.45) is 1.31. The van der Waals surface area contributed by atoms with Crippen LogP contribution in [0.2, 0.25) is 0 Å². The first-order valence-corrected chi connectivity index (χ1v) is 6.60. The molecule has 1 N–H and O–H groups in total. The van der Waals surface area contributed by atoms with Gasteiger partial charge in [0.1, 0.15) is 0 Å². The smallest absolute Gasteiger partial charge is 0.269 e. The van der Waals surface area contributed by atoms with Crippen LogP contribution in [0.25, 0.3) is 0 Å². The number of aliphatic hydroxyl groups is 1. The number of carbonyl (C=O) groups excluding carboxylic acids is 1. The number of Topliss-reactive ketones (excluding diaryl/α,β-unsaturated/α-hetero) is 1. The van der Waals surface area contributed by atoms with Gasteiger partial charge in [-0.05, 0) is 31.9 Å². The topological polar surface area (TPSA) is 83.7 Å². The van der Waals surface area contributed by atoms with Crippen LogP contribution >= 0.6 is 0 Å². The lowest BCUT2D eigenvalue weighted by Crippen LogP contribution is -2.44. The summed E-state index contributed by atoms with van der Waals surface area (Å²) in [7, 11) is 0. The van der Waals surface area contributed by atoms with E-state index < -0.39 is 10.5 Å². The summed E-state index contributed by atoms with van der Waals surface area (Å²) < 4.78 is 0. The van der Waals surface area contributed by atoms with Crippen molar-refractivity contribution < 1.29 is 14.8 Å². The van der Waals surface area contributed by atoms with Crippen LogP contribution in [0.1, 0.15) is 30.1 Å². The second kappa shape index (κ2) is 5.68. The van der Waals surface area contributed by atoms with E-state index in [1.165, 1.54) is 24.3 Å². The number of hydrogen-bond acceptors (Lipinski definition) is 5. The number of hydrogen-bond donors (Lipinski definition) is 1. The highest BCUT2D eigenvalue weighted by Gasteiger charge is 2.28. The molecule has 108 valence electrons. The molecule has 1 aliphatic heterocycles. The summed E-state index contributed by atoms with van der Waals surface area (Å²) in [5.74, 6) is -0.0542. The highest BCUT2D eigenvalue weighted by Crippen LogP contribution is 2.21. The molecular formula is C14H18N2O4. The molecule has 1 saturated heterocycles. The van der Waals surface area contributed by atoms with E-state index in [2.05, 4.69) is 0 Å². The van der Waals surface area contributed by atoms with Gasteiger partial charge in [-0.1, -0.05) is 0 Å². The van der Waals surface area contributed by atoms with Gasteiger partial charge >= 0.3 is 0 Å². The number of likely N-dealkylation sites (tertiary alicyclic amines) is 1. The molecule has 1 fully saturated rings. The number of benzene rings is 1. The van der Waals surface area contributed by atoms with Gasteiger partial charge in [0.05, 0.1) is 17.1 Å². The Balaban J connectivity index is 1.93. The zero-order chi connectivity index (χ0) is 14.8. The van der Waals surface area contributed by atoms with E-state index in [0.29, 0.717) is 31.5 Å². The van der Waals surface area contributed by atoms with Crippen LogP contribution in [0.3, 0.4) is 0 Å². The largest absolute Gasteiger partial charge is 0.390 e. The van der Waals surface area contributed by atoms with Gasteiger partial charge in [0.25, 0.3) is 5.69 Å². The maximum absolute atomic E-state index is 12.1. The van der Waals surface area contributed by atoms with Crippen LogP contribution in [0, 0.1) is 10.1 Å². The average Bonchev–Trinajstić information content (AvgIpc) is 2.41. The molecule has 0 atom stereocenters. The van der Waals surface area contributed by atoms with Crippen molar-refractivity contribution in [3.05, 3.63) is 39.9 Å². The number of nitro benzene ring substituents is 1. The Morgan fingerprint density at radius 2 is 1.90 bits per heavy atom. The lowest BCUT2D eigenvalue weighted by molar-refractivity contribution is -0.384. The molecular weight excluding hydrogens is 260 g/mol. The second-order valence-electron chi connectivity index (χ2n) is 5.50. The number of nitro groups is 1. The Morgan fingerprint density at radius 3 is 2.40 bits per heavy atom. The maximum Gasteiger partial charge on any atom is 0.269 e. The Hall–Kier alpha value is -1.79. The van der Waals surface area contributed by atoms with E-state index in [1.807, 2.05) is 11.8 Å². The van der Waals surface area contributed by atoms with Crippen molar-refractivity contribution >= 4 is 11.5 Å². The fraction of sp³-hybridized carbons (Fsp3) is 0.500. The first kappa shape index (κ1) is 14.6. The van der Waals surface area contributed by atoms with Gasteiger partial charge in [-0.3, -0.25) is 19.8 Å². The van der Waals surface area contributed by atoms with Crippen LogP contribution in [0.15, 0.2) is 24.3 Å². The van der Waals surface area contributed by atoms with Crippen molar-refractivity contribution in [2.24, 2.45) is 0 Å². The summed E-state index contributed by atoms with van der Waals surface area (Å²) in [5.41, 5.74) is -0.170. The molecule has 0 spiro atoms.